The van der Waals surface area contributed by atoms with Crippen LogP contribution in [-0.2, 0) is 9.53 Å². The quantitative estimate of drug-likeness (QED) is 0.583. The van der Waals surface area contributed by atoms with Gasteiger partial charge in [0.15, 0.2) is 11.5 Å². The van der Waals surface area contributed by atoms with E-state index in [1.807, 2.05) is 0 Å². The Morgan fingerprint density at radius 1 is 1.57 bits per heavy atom. The fourth-order valence-electron chi connectivity index (χ4n) is 1.58. The Bertz CT molecular complexity index is 362. The van der Waals surface area contributed by atoms with Gasteiger partial charge in [-0.15, -0.1) is 0 Å². The second-order valence-electron chi connectivity index (χ2n) is 3.32. The van der Waals surface area contributed by atoms with Crippen LogP contribution in [0.25, 0.3) is 0 Å². The molecular formula is C10H11O4+. The van der Waals surface area contributed by atoms with Gasteiger partial charge < -0.3 is 14.9 Å². The van der Waals surface area contributed by atoms with Crippen LogP contribution in [0.2, 0.25) is 0 Å². The van der Waals surface area contributed by atoms with Gasteiger partial charge in [0.05, 0.1) is 18.3 Å². The topological polar surface area (TPSA) is 69.4 Å². The van der Waals surface area contributed by atoms with Gasteiger partial charge in [0, 0.05) is 12.5 Å². The Morgan fingerprint density at radius 3 is 3.14 bits per heavy atom. The van der Waals surface area contributed by atoms with Gasteiger partial charge in [-0.3, -0.25) is 4.79 Å². The molecule has 1 unspecified atom stereocenters. The summed E-state index contributed by atoms with van der Waals surface area (Å²) in [7, 11) is 0. The van der Waals surface area contributed by atoms with Gasteiger partial charge in [0.2, 0.25) is 0 Å². The third-order valence-electron chi connectivity index (χ3n) is 2.39. The van der Waals surface area contributed by atoms with Crippen LogP contribution >= 0.6 is 0 Å². The maximum atomic E-state index is 11.4. The fourth-order valence-corrected chi connectivity index (χ4v) is 1.58. The third-order valence-corrected chi connectivity index (χ3v) is 2.39. The van der Waals surface area contributed by atoms with E-state index in [-0.39, 0.29) is 23.2 Å². The molecule has 2 rings (SSSR count). The first kappa shape index (κ1) is 8.87. The molecule has 3 N–H and O–H groups in total. The first-order valence-corrected chi connectivity index (χ1v) is 4.41. The highest BCUT2D eigenvalue weighted by Crippen LogP contribution is 2.29. The van der Waals surface area contributed by atoms with E-state index in [1.54, 1.807) is 0 Å². The molecular weight excluding hydrogens is 184 g/mol. The normalized spacial score (nSPS) is 26.4. The number of hydrogen-bond donors (Lipinski definition) is 1. The second kappa shape index (κ2) is 3.21. The Hall–Kier alpha value is -1.71. The Kier molecular flexibility index (Phi) is 2.04. The molecule has 1 heterocycles. The minimum Gasteiger partial charge on any atom is -0.591 e. The lowest BCUT2D eigenvalue weighted by Crippen LogP contribution is -2.18. The van der Waals surface area contributed by atoms with E-state index >= 15 is 0 Å². The second-order valence-corrected chi connectivity index (χ2v) is 3.32. The average molecular weight is 195 g/mol. The van der Waals surface area contributed by atoms with Gasteiger partial charge in [-0.05, 0) is 6.42 Å². The zero-order valence-corrected chi connectivity index (χ0v) is 7.49. The van der Waals surface area contributed by atoms with Crippen LogP contribution in [0.5, 0.6) is 0 Å². The van der Waals surface area contributed by atoms with E-state index < -0.39 is 0 Å². The lowest BCUT2D eigenvalue weighted by atomic mass is 9.95. The van der Waals surface area contributed by atoms with Crippen molar-refractivity contribution in [3.63, 3.8) is 0 Å². The summed E-state index contributed by atoms with van der Waals surface area (Å²) in [4.78, 5) is 11.4. The van der Waals surface area contributed by atoms with Crippen molar-refractivity contribution in [1.29, 1.82) is 0 Å². The number of carbonyl (C=O) groups is 1. The molecule has 0 radical (unpaired) electrons. The van der Waals surface area contributed by atoms with Gasteiger partial charge in [-0.1, -0.05) is 0 Å². The minimum absolute atomic E-state index is 0.0169. The highest BCUT2D eigenvalue weighted by atomic mass is 16.5. The molecule has 0 fully saturated rings. The number of aliphatic hydroxyl groups is 1. The number of ketones is 1. The van der Waals surface area contributed by atoms with Crippen molar-refractivity contribution in [2.45, 2.75) is 12.8 Å². The third kappa shape index (κ3) is 1.39. The zero-order valence-electron chi connectivity index (χ0n) is 7.49. The molecule has 4 heteroatoms. The largest absolute Gasteiger partial charge is 0.591 e. The summed E-state index contributed by atoms with van der Waals surface area (Å²) in [5.41, 5.74) is 0. The fraction of sp³-hybridized carbons (Fsp3) is 0.300. The highest BCUT2D eigenvalue weighted by molar-refractivity contribution is 5.94. The number of carbonyl (C=O) groups excluding carboxylic acids is 1. The molecule has 1 atom stereocenters. The number of hydrogen-bond acceptors (Lipinski definition) is 3. The summed E-state index contributed by atoms with van der Waals surface area (Å²) in [6.07, 6.45) is 4.97. The molecule has 0 saturated carbocycles. The number of fused-ring (bicyclic) bond motifs is 1. The monoisotopic (exact) mass is 195 g/mol. The Labute approximate surface area is 80.8 Å². The van der Waals surface area contributed by atoms with Crippen LogP contribution in [0.1, 0.15) is 12.8 Å². The van der Waals surface area contributed by atoms with Crippen molar-refractivity contribution in [3.8, 4) is 0 Å². The molecule has 0 amide bonds. The minimum atomic E-state index is -0.329. The van der Waals surface area contributed by atoms with Crippen molar-refractivity contribution < 1.29 is 19.7 Å². The molecule has 0 aromatic heterocycles. The van der Waals surface area contributed by atoms with Crippen LogP contribution in [-0.4, -0.2) is 16.0 Å². The molecule has 1 aliphatic heterocycles. The van der Waals surface area contributed by atoms with E-state index in [0.29, 0.717) is 18.6 Å². The summed E-state index contributed by atoms with van der Waals surface area (Å²) in [5.74, 6) is 0.162. The molecule has 0 aromatic carbocycles. The number of rotatable bonds is 0. The number of aliphatic hydroxyl groups excluding tert-OH is 1. The lowest BCUT2D eigenvalue weighted by Gasteiger charge is -2.17. The van der Waals surface area contributed by atoms with Crippen molar-refractivity contribution >= 4 is 5.78 Å². The molecule has 1 aliphatic carbocycles. The standard InChI is InChI=1S/C10H10O4/c11-7-3-4-14-10-5-9(13)8(12)2-1-6(7)10/h3-6,12-13H,1-2H2/p+1. The van der Waals surface area contributed by atoms with E-state index in [2.05, 4.69) is 0 Å². The van der Waals surface area contributed by atoms with Crippen molar-refractivity contribution in [3.05, 3.63) is 35.7 Å². The van der Waals surface area contributed by atoms with Crippen LogP contribution < -0.4 is 0 Å². The zero-order chi connectivity index (χ0) is 10.1. The SMILES string of the molecule is O=C1C=COC2=CC([OH2+])=C(O)CCC12. The maximum absolute atomic E-state index is 11.4. The molecule has 0 bridgehead atoms. The average Bonchev–Trinajstić information content (AvgIpc) is 2.29. The predicted molar refractivity (Wildman–Crippen MR) is 49.3 cm³/mol. The van der Waals surface area contributed by atoms with Crippen molar-refractivity contribution in [1.82, 2.24) is 0 Å². The van der Waals surface area contributed by atoms with Crippen LogP contribution in [0.3, 0.4) is 0 Å². The maximum Gasteiger partial charge on any atom is 0.295 e. The van der Waals surface area contributed by atoms with E-state index in [4.69, 9.17) is 9.84 Å². The van der Waals surface area contributed by atoms with Gasteiger partial charge >= 0.3 is 0 Å². The van der Waals surface area contributed by atoms with E-state index in [1.165, 1.54) is 18.4 Å². The number of ether oxygens (including phenoxy) is 1. The molecule has 0 aromatic rings. The summed E-state index contributed by atoms with van der Waals surface area (Å²) in [5, 5.41) is 16.8. The highest BCUT2D eigenvalue weighted by Gasteiger charge is 2.30. The molecule has 14 heavy (non-hydrogen) atoms. The molecule has 0 saturated heterocycles. The van der Waals surface area contributed by atoms with Crippen LogP contribution in [0.4, 0.5) is 0 Å². The molecule has 74 valence electrons. The van der Waals surface area contributed by atoms with Crippen molar-refractivity contribution in [2.75, 3.05) is 0 Å². The predicted octanol–water partition coefficient (Wildman–Crippen LogP) is 0.887. The molecule has 0 spiro atoms. The van der Waals surface area contributed by atoms with E-state index in [9.17, 15) is 9.90 Å². The summed E-state index contributed by atoms with van der Waals surface area (Å²) < 4.78 is 5.15. The van der Waals surface area contributed by atoms with Gasteiger partial charge in [0.25, 0.3) is 5.76 Å². The molecule has 4 nitrogen and oxygen atoms in total. The van der Waals surface area contributed by atoms with Gasteiger partial charge in [0.1, 0.15) is 5.76 Å². The summed E-state index contributed by atoms with van der Waals surface area (Å²) in [6, 6.07) is 0. The molecule has 2 aliphatic rings. The first-order valence-electron chi connectivity index (χ1n) is 4.41. The Morgan fingerprint density at radius 2 is 2.36 bits per heavy atom. The first-order chi connectivity index (χ1) is 6.68. The van der Waals surface area contributed by atoms with E-state index in [0.717, 1.165) is 0 Å². The van der Waals surface area contributed by atoms with Crippen LogP contribution in [0, 0.1) is 5.92 Å². The lowest BCUT2D eigenvalue weighted by molar-refractivity contribution is -0.119. The van der Waals surface area contributed by atoms with Gasteiger partial charge in [-0.2, -0.15) is 0 Å². The number of allylic oxidation sites excluding steroid dienone is 4. The van der Waals surface area contributed by atoms with Crippen LogP contribution in [0.15, 0.2) is 35.7 Å². The smallest absolute Gasteiger partial charge is 0.295 e. The van der Waals surface area contributed by atoms with Crippen molar-refractivity contribution in [2.24, 2.45) is 5.92 Å². The summed E-state index contributed by atoms with van der Waals surface area (Å²) >= 11 is 0. The Balaban J connectivity index is 2.36. The van der Waals surface area contributed by atoms with Gasteiger partial charge in [-0.25, -0.2) is 0 Å². The summed E-state index contributed by atoms with van der Waals surface area (Å²) in [6.45, 7) is 0.